The van der Waals surface area contributed by atoms with Gasteiger partial charge >= 0.3 is 0 Å². The van der Waals surface area contributed by atoms with Crippen LogP contribution in [0.1, 0.15) is 23.0 Å². The Balaban J connectivity index is 2.05. The number of amides is 1. The number of nitrogens with two attached hydrogens (primary N) is 1. The number of benzene rings is 1. The van der Waals surface area contributed by atoms with Gasteiger partial charge in [-0.25, -0.2) is 0 Å². The molecule has 1 amide bonds. The number of rotatable bonds is 6. The monoisotopic (exact) mass is 288 g/mol. The molecule has 0 saturated heterocycles. The molecule has 3 N–H and O–H groups in total. The molecule has 0 aliphatic heterocycles. The minimum Gasteiger partial charge on any atom is -0.492 e. The van der Waals surface area contributed by atoms with Crippen LogP contribution in [0.5, 0.6) is 5.75 Å². The summed E-state index contributed by atoms with van der Waals surface area (Å²) in [6, 6.07) is 7.20. The Morgan fingerprint density at radius 2 is 2.10 bits per heavy atom. The molecule has 0 unspecified atom stereocenters. The van der Waals surface area contributed by atoms with Gasteiger partial charge in [0.05, 0.1) is 11.3 Å². The normalized spacial score (nSPS) is 10.4. The van der Waals surface area contributed by atoms with E-state index in [9.17, 15) is 4.79 Å². The highest BCUT2D eigenvalue weighted by molar-refractivity contribution is 6.04. The number of nitrogens with zero attached hydrogens (tertiary/aromatic N) is 2. The molecule has 1 aromatic heterocycles. The Hall–Kier alpha value is -2.34. The van der Waals surface area contributed by atoms with Crippen molar-refractivity contribution in [3.63, 3.8) is 0 Å². The van der Waals surface area contributed by atoms with E-state index >= 15 is 0 Å². The van der Waals surface area contributed by atoms with E-state index in [-0.39, 0.29) is 5.91 Å². The number of hydrogen-bond donors (Lipinski definition) is 2. The van der Waals surface area contributed by atoms with Crippen molar-refractivity contribution >= 4 is 11.6 Å². The minimum atomic E-state index is -0.157. The van der Waals surface area contributed by atoms with Crippen molar-refractivity contribution in [1.29, 1.82) is 0 Å². The molecule has 112 valence electrons. The van der Waals surface area contributed by atoms with E-state index in [1.165, 1.54) is 0 Å². The molecule has 0 bridgehead atoms. The first kappa shape index (κ1) is 15.1. The van der Waals surface area contributed by atoms with Gasteiger partial charge in [-0.15, -0.1) is 0 Å². The van der Waals surface area contributed by atoms with Crippen LogP contribution in [-0.4, -0.2) is 28.8 Å². The molecule has 0 aliphatic carbocycles. The number of hydrogen-bond acceptors (Lipinski definition) is 4. The molecule has 0 saturated carbocycles. The second-order valence-electron chi connectivity index (χ2n) is 4.63. The maximum Gasteiger partial charge on any atom is 0.259 e. The maximum atomic E-state index is 12.3. The fraction of sp³-hybridized carbons (Fsp3) is 0.333. The van der Waals surface area contributed by atoms with Crippen LogP contribution in [0, 0.1) is 0 Å². The molecule has 21 heavy (non-hydrogen) atoms. The standard InChI is InChI=1S/C15H20N4O2/c1-3-14-13(10-19(2)18-14)15(20)17-11-4-6-12(7-5-11)21-9-8-16/h4-7,10H,3,8-9,16H2,1-2H3,(H,17,20). The topological polar surface area (TPSA) is 82.2 Å². The Labute approximate surface area is 123 Å². The summed E-state index contributed by atoms with van der Waals surface area (Å²) in [6.45, 7) is 2.92. The first-order valence-corrected chi connectivity index (χ1v) is 6.90. The molecule has 0 atom stereocenters. The fourth-order valence-corrected chi connectivity index (χ4v) is 2.00. The van der Waals surface area contributed by atoms with E-state index < -0.39 is 0 Å². The van der Waals surface area contributed by atoms with E-state index in [2.05, 4.69) is 10.4 Å². The molecule has 0 fully saturated rings. The number of ether oxygens (including phenoxy) is 1. The third-order valence-corrected chi connectivity index (χ3v) is 2.98. The number of aromatic nitrogens is 2. The van der Waals surface area contributed by atoms with Gasteiger partial charge in [0.1, 0.15) is 12.4 Å². The predicted octanol–water partition coefficient (Wildman–Crippen LogP) is 1.57. The quantitative estimate of drug-likeness (QED) is 0.845. The minimum absolute atomic E-state index is 0.157. The highest BCUT2D eigenvalue weighted by atomic mass is 16.5. The zero-order chi connectivity index (χ0) is 15.2. The number of nitrogens with one attached hydrogen (secondary N) is 1. The van der Waals surface area contributed by atoms with Crippen molar-refractivity contribution in [1.82, 2.24) is 9.78 Å². The number of carbonyl (C=O) groups is 1. The SMILES string of the molecule is CCc1nn(C)cc1C(=O)Nc1ccc(OCCN)cc1. The first-order chi connectivity index (χ1) is 10.1. The molecule has 2 aromatic rings. The van der Waals surface area contributed by atoms with Gasteiger partial charge in [0.2, 0.25) is 0 Å². The van der Waals surface area contributed by atoms with Gasteiger partial charge in [0.25, 0.3) is 5.91 Å². The molecule has 0 radical (unpaired) electrons. The molecule has 6 heteroatoms. The number of aryl methyl sites for hydroxylation is 2. The number of anilines is 1. The summed E-state index contributed by atoms with van der Waals surface area (Å²) >= 11 is 0. The summed E-state index contributed by atoms with van der Waals surface area (Å²) in [5.74, 6) is 0.574. The van der Waals surface area contributed by atoms with Gasteiger partial charge in [-0.1, -0.05) is 6.92 Å². The van der Waals surface area contributed by atoms with Crippen LogP contribution in [0.4, 0.5) is 5.69 Å². The van der Waals surface area contributed by atoms with Crippen molar-refractivity contribution in [3.8, 4) is 5.75 Å². The first-order valence-electron chi connectivity index (χ1n) is 6.90. The molecule has 6 nitrogen and oxygen atoms in total. The summed E-state index contributed by atoms with van der Waals surface area (Å²) < 4.78 is 7.04. The van der Waals surface area contributed by atoms with Gasteiger partial charge in [-0.3, -0.25) is 9.48 Å². The molecule has 1 aromatic carbocycles. The molecular formula is C15H20N4O2. The zero-order valence-electron chi connectivity index (χ0n) is 12.3. The zero-order valence-corrected chi connectivity index (χ0v) is 12.3. The lowest BCUT2D eigenvalue weighted by atomic mass is 10.2. The van der Waals surface area contributed by atoms with Crippen molar-refractivity contribution in [3.05, 3.63) is 41.7 Å². The largest absolute Gasteiger partial charge is 0.492 e. The third kappa shape index (κ3) is 3.82. The van der Waals surface area contributed by atoms with Crippen molar-refractivity contribution in [2.45, 2.75) is 13.3 Å². The third-order valence-electron chi connectivity index (χ3n) is 2.98. The van der Waals surface area contributed by atoms with Crippen LogP contribution in [-0.2, 0) is 13.5 Å². The van der Waals surface area contributed by atoms with Crippen molar-refractivity contribution in [2.24, 2.45) is 12.8 Å². The Morgan fingerprint density at radius 3 is 2.71 bits per heavy atom. The second kappa shape index (κ2) is 6.90. The van der Waals surface area contributed by atoms with Gasteiger partial charge in [0.15, 0.2) is 0 Å². The average molecular weight is 288 g/mol. The summed E-state index contributed by atoms with van der Waals surface area (Å²) in [5.41, 5.74) is 7.48. The second-order valence-corrected chi connectivity index (χ2v) is 4.63. The molecule has 2 rings (SSSR count). The van der Waals surface area contributed by atoms with Gasteiger partial charge < -0.3 is 15.8 Å². The van der Waals surface area contributed by atoms with E-state index in [0.717, 1.165) is 17.9 Å². The summed E-state index contributed by atoms with van der Waals surface area (Å²) in [6.07, 6.45) is 2.45. The lowest BCUT2D eigenvalue weighted by molar-refractivity contribution is 0.102. The Kier molecular flexibility index (Phi) is 4.94. The number of carbonyl (C=O) groups excluding carboxylic acids is 1. The lowest BCUT2D eigenvalue weighted by Gasteiger charge is -2.07. The highest BCUT2D eigenvalue weighted by Crippen LogP contribution is 2.17. The van der Waals surface area contributed by atoms with Crippen LogP contribution in [0.2, 0.25) is 0 Å². The van der Waals surface area contributed by atoms with Crippen molar-refractivity contribution in [2.75, 3.05) is 18.5 Å². The van der Waals surface area contributed by atoms with Crippen LogP contribution < -0.4 is 15.8 Å². The molecular weight excluding hydrogens is 268 g/mol. The fourth-order valence-electron chi connectivity index (χ4n) is 2.00. The lowest BCUT2D eigenvalue weighted by Crippen LogP contribution is -2.13. The van der Waals surface area contributed by atoms with Gasteiger partial charge in [-0.2, -0.15) is 5.10 Å². The van der Waals surface area contributed by atoms with Crippen LogP contribution >= 0.6 is 0 Å². The summed E-state index contributed by atoms with van der Waals surface area (Å²) in [7, 11) is 1.81. The smallest absolute Gasteiger partial charge is 0.259 e. The molecule has 1 heterocycles. The van der Waals surface area contributed by atoms with E-state index in [0.29, 0.717) is 24.4 Å². The van der Waals surface area contributed by atoms with E-state index in [4.69, 9.17) is 10.5 Å². The van der Waals surface area contributed by atoms with Gasteiger partial charge in [-0.05, 0) is 30.7 Å². The van der Waals surface area contributed by atoms with E-state index in [1.807, 2.05) is 6.92 Å². The average Bonchev–Trinajstić information content (AvgIpc) is 2.88. The van der Waals surface area contributed by atoms with Crippen molar-refractivity contribution < 1.29 is 9.53 Å². The van der Waals surface area contributed by atoms with E-state index in [1.54, 1.807) is 42.2 Å². The Bertz CT molecular complexity index is 605. The molecule has 0 spiro atoms. The van der Waals surface area contributed by atoms with Crippen LogP contribution in [0.3, 0.4) is 0 Å². The molecule has 0 aliphatic rings. The van der Waals surface area contributed by atoms with Crippen LogP contribution in [0.15, 0.2) is 30.5 Å². The van der Waals surface area contributed by atoms with Gasteiger partial charge in [0, 0.05) is 25.5 Å². The Morgan fingerprint density at radius 1 is 1.38 bits per heavy atom. The van der Waals surface area contributed by atoms with Crippen LogP contribution in [0.25, 0.3) is 0 Å². The highest BCUT2D eigenvalue weighted by Gasteiger charge is 2.14. The maximum absolute atomic E-state index is 12.3. The summed E-state index contributed by atoms with van der Waals surface area (Å²) in [4.78, 5) is 12.3. The summed E-state index contributed by atoms with van der Waals surface area (Å²) in [5, 5.41) is 7.12. The predicted molar refractivity (Wildman–Crippen MR) is 81.5 cm³/mol.